The molecule has 2 heterocycles. The summed E-state index contributed by atoms with van der Waals surface area (Å²) in [7, 11) is 0. The van der Waals surface area contributed by atoms with Crippen LogP contribution in [0.1, 0.15) is 5.69 Å². The van der Waals surface area contributed by atoms with Crippen molar-refractivity contribution in [3.8, 4) is 0 Å². The average molecular weight is 213 g/mol. The first-order chi connectivity index (χ1) is 7.84. The van der Waals surface area contributed by atoms with Crippen LogP contribution in [0, 0.1) is 0 Å². The number of fused-ring (bicyclic) bond motifs is 1. The number of rotatable bonds is 1. The summed E-state index contributed by atoms with van der Waals surface area (Å²) < 4.78 is 5.37. The van der Waals surface area contributed by atoms with Crippen LogP contribution in [0.4, 0.5) is 5.69 Å². The number of nitrogen functional groups attached to an aromatic ring is 1. The lowest BCUT2D eigenvalue weighted by molar-refractivity contribution is 0.347. The van der Waals surface area contributed by atoms with Crippen molar-refractivity contribution >= 4 is 22.5 Å². The van der Waals surface area contributed by atoms with Crippen molar-refractivity contribution < 1.29 is 4.74 Å². The third-order valence-corrected chi connectivity index (χ3v) is 2.56. The highest BCUT2D eigenvalue weighted by molar-refractivity contribution is 5.97. The van der Waals surface area contributed by atoms with Crippen molar-refractivity contribution in [1.29, 1.82) is 0 Å². The molecule has 1 aromatic heterocycles. The van der Waals surface area contributed by atoms with Crippen LogP contribution in [0.25, 0.3) is 10.9 Å². The molecule has 1 aliphatic rings. The van der Waals surface area contributed by atoms with E-state index in [-0.39, 0.29) is 0 Å². The van der Waals surface area contributed by atoms with E-state index in [0.717, 1.165) is 16.6 Å². The van der Waals surface area contributed by atoms with Crippen molar-refractivity contribution in [3.05, 3.63) is 36.0 Å². The molecule has 0 aliphatic carbocycles. The topological polar surface area (TPSA) is 60.5 Å². The Morgan fingerprint density at radius 2 is 2.12 bits per heavy atom. The Balaban J connectivity index is 2.18. The summed E-state index contributed by atoms with van der Waals surface area (Å²) in [4.78, 5) is 8.71. The maximum Gasteiger partial charge on any atom is 0.235 e. The molecule has 0 spiro atoms. The number of nitrogens with two attached hydrogens (primary N) is 1. The van der Waals surface area contributed by atoms with Crippen LogP contribution in [0.15, 0.2) is 35.3 Å². The van der Waals surface area contributed by atoms with Crippen molar-refractivity contribution in [1.82, 2.24) is 4.98 Å². The lowest BCUT2D eigenvalue weighted by atomic mass is 10.2. The van der Waals surface area contributed by atoms with Gasteiger partial charge in [0.2, 0.25) is 5.90 Å². The summed E-state index contributed by atoms with van der Waals surface area (Å²) in [6.45, 7) is 1.35. The molecule has 2 aromatic rings. The van der Waals surface area contributed by atoms with Gasteiger partial charge < -0.3 is 10.5 Å². The predicted molar refractivity (Wildman–Crippen MR) is 63.5 cm³/mol. The molecule has 80 valence electrons. The minimum Gasteiger partial charge on any atom is -0.474 e. The maximum absolute atomic E-state index is 5.88. The van der Waals surface area contributed by atoms with E-state index in [4.69, 9.17) is 10.5 Å². The van der Waals surface area contributed by atoms with Crippen LogP contribution in [-0.2, 0) is 4.74 Å². The van der Waals surface area contributed by atoms with E-state index in [9.17, 15) is 0 Å². The maximum atomic E-state index is 5.88. The molecule has 0 saturated heterocycles. The van der Waals surface area contributed by atoms with Crippen LogP contribution in [0.2, 0.25) is 0 Å². The Labute approximate surface area is 92.8 Å². The zero-order valence-corrected chi connectivity index (χ0v) is 8.68. The fourth-order valence-electron chi connectivity index (χ4n) is 1.78. The molecule has 4 heteroatoms. The lowest BCUT2D eigenvalue weighted by Crippen LogP contribution is -2.04. The molecule has 0 amide bonds. The van der Waals surface area contributed by atoms with Gasteiger partial charge in [-0.25, -0.2) is 9.98 Å². The van der Waals surface area contributed by atoms with Gasteiger partial charge in [0.05, 0.1) is 17.7 Å². The van der Waals surface area contributed by atoms with E-state index in [1.54, 1.807) is 0 Å². The number of ether oxygens (including phenoxy) is 1. The highest BCUT2D eigenvalue weighted by Gasteiger charge is 2.12. The summed E-state index contributed by atoms with van der Waals surface area (Å²) in [6.07, 6.45) is 0. The number of hydrogen-bond donors (Lipinski definition) is 1. The number of aliphatic imine (C=N–C) groups is 1. The molecule has 0 unspecified atom stereocenters. The molecule has 0 saturated carbocycles. The molecule has 3 rings (SSSR count). The Bertz CT molecular complexity index is 577. The largest absolute Gasteiger partial charge is 0.474 e. The molecular formula is C12H11N3O. The van der Waals surface area contributed by atoms with Crippen molar-refractivity contribution in [2.45, 2.75) is 0 Å². The third kappa shape index (κ3) is 1.39. The van der Waals surface area contributed by atoms with Crippen molar-refractivity contribution in [2.75, 3.05) is 18.9 Å². The monoisotopic (exact) mass is 213 g/mol. The number of aromatic nitrogens is 1. The zero-order chi connectivity index (χ0) is 11.0. The van der Waals surface area contributed by atoms with Gasteiger partial charge in [-0.2, -0.15) is 0 Å². The molecule has 0 radical (unpaired) electrons. The van der Waals surface area contributed by atoms with Crippen LogP contribution in [-0.4, -0.2) is 24.0 Å². The Morgan fingerprint density at radius 1 is 1.19 bits per heavy atom. The first-order valence-electron chi connectivity index (χ1n) is 5.17. The minimum atomic E-state index is 0.616. The Hall–Kier alpha value is -2.10. The van der Waals surface area contributed by atoms with Gasteiger partial charge in [0.15, 0.2) is 0 Å². The first-order valence-corrected chi connectivity index (χ1v) is 5.17. The number of benzene rings is 1. The summed E-state index contributed by atoms with van der Waals surface area (Å²) in [5.74, 6) is 0.616. The van der Waals surface area contributed by atoms with Gasteiger partial charge in [-0.1, -0.05) is 18.2 Å². The van der Waals surface area contributed by atoms with Gasteiger partial charge in [0.1, 0.15) is 12.3 Å². The normalized spacial score (nSPS) is 14.9. The van der Waals surface area contributed by atoms with Crippen LogP contribution in [0.3, 0.4) is 0 Å². The van der Waals surface area contributed by atoms with Gasteiger partial charge in [0.25, 0.3) is 0 Å². The fourth-order valence-corrected chi connectivity index (χ4v) is 1.78. The lowest BCUT2D eigenvalue weighted by Gasteiger charge is -2.04. The third-order valence-electron chi connectivity index (χ3n) is 2.56. The molecule has 16 heavy (non-hydrogen) atoms. The number of para-hydroxylation sites is 1. The predicted octanol–water partition coefficient (Wildman–Crippen LogP) is 1.59. The second kappa shape index (κ2) is 3.48. The van der Waals surface area contributed by atoms with E-state index in [1.165, 1.54) is 0 Å². The van der Waals surface area contributed by atoms with E-state index in [0.29, 0.717) is 24.7 Å². The first kappa shape index (κ1) is 9.15. The van der Waals surface area contributed by atoms with Gasteiger partial charge >= 0.3 is 0 Å². The van der Waals surface area contributed by atoms with Crippen molar-refractivity contribution in [3.63, 3.8) is 0 Å². The molecule has 0 bridgehead atoms. The molecule has 1 aromatic carbocycles. The highest BCUT2D eigenvalue weighted by Crippen LogP contribution is 2.19. The van der Waals surface area contributed by atoms with Gasteiger partial charge in [-0.3, -0.25) is 0 Å². The molecule has 1 aliphatic heterocycles. The summed E-state index contributed by atoms with van der Waals surface area (Å²) >= 11 is 0. The molecule has 2 N–H and O–H groups in total. The van der Waals surface area contributed by atoms with E-state index in [1.807, 2.05) is 30.3 Å². The van der Waals surface area contributed by atoms with Crippen LogP contribution >= 0.6 is 0 Å². The van der Waals surface area contributed by atoms with E-state index < -0.39 is 0 Å². The molecular weight excluding hydrogens is 202 g/mol. The summed E-state index contributed by atoms with van der Waals surface area (Å²) in [5, 5.41) is 1.03. The quantitative estimate of drug-likeness (QED) is 0.732. The summed E-state index contributed by atoms with van der Waals surface area (Å²) in [6, 6.07) is 9.64. The van der Waals surface area contributed by atoms with Crippen LogP contribution in [0.5, 0.6) is 0 Å². The fraction of sp³-hybridized carbons (Fsp3) is 0.167. The molecule has 4 nitrogen and oxygen atoms in total. The number of hydrogen-bond acceptors (Lipinski definition) is 4. The van der Waals surface area contributed by atoms with Gasteiger partial charge in [-0.15, -0.1) is 0 Å². The van der Waals surface area contributed by atoms with Gasteiger partial charge in [-0.05, 0) is 12.1 Å². The molecule has 0 fully saturated rings. The number of pyridine rings is 1. The van der Waals surface area contributed by atoms with Crippen LogP contribution < -0.4 is 5.73 Å². The van der Waals surface area contributed by atoms with E-state index >= 15 is 0 Å². The highest BCUT2D eigenvalue weighted by atomic mass is 16.5. The number of anilines is 1. The number of nitrogens with zero attached hydrogens (tertiary/aromatic N) is 2. The SMILES string of the molecule is Nc1cccc2ccc(C3=NCCO3)nc12. The Morgan fingerprint density at radius 3 is 2.94 bits per heavy atom. The zero-order valence-electron chi connectivity index (χ0n) is 8.68. The standard InChI is InChI=1S/C12H11N3O/c13-9-3-1-2-8-4-5-10(15-11(8)9)12-14-6-7-16-12/h1-5H,6-7,13H2. The van der Waals surface area contributed by atoms with Gasteiger partial charge in [0, 0.05) is 5.39 Å². The Kier molecular flexibility index (Phi) is 1.99. The van der Waals surface area contributed by atoms with Crippen molar-refractivity contribution in [2.24, 2.45) is 4.99 Å². The smallest absolute Gasteiger partial charge is 0.235 e. The molecule has 0 atom stereocenters. The van der Waals surface area contributed by atoms with E-state index in [2.05, 4.69) is 9.98 Å². The average Bonchev–Trinajstić information content (AvgIpc) is 2.83. The summed E-state index contributed by atoms with van der Waals surface area (Å²) in [5.41, 5.74) is 8.12. The second-order valence-electron chi connectivity index (χ2n) is 3.65. The minimum absolute atomic E-state index is 0.616. The second-order valence-corrected chi connectivity index (χ2v) is 3.65.